The Morgan fingerprint density at radius 2 is 1.70 bits per heavy atom. The standard InChI is InChI=1S/C22H21NO4/c1-14(15-7-8-19-21(12-15)27-10-9-26-19)23-22(24)18-11-16-5-3-4-6-17(16)13-20(18)25-2/h3-8,11-14H,9-10H2,1-2H3,(H,23,24)/t14-/m1/s1. The summed E-state index contributed by atoms with van der Waals surface area (Å²) in [6.07, 6.45) is 0. The molecule has 5 heteroatoms. The molecule has 1 aliphatic heterocycles. The lowest BCUT2D eigenvalue weighted by atomic mass is 10.0. The van der Waals surface area contributed by atoms with Gasteiger partial charge in [-0.05, 0) is 47.5 Å². The van der Waals surface area contributed by atoms with Gasteiger partial charge in [0.15, 0.2) is 11.5 Å². The second-order valence-electron chi connectivity index (χ2n) is 6.50. The van der Waals surface area contributed by atoms with E-state index in [4.69, 9.17) is 14.2 Å². The normalized spacial score (nSPS) is 13.9. The fourth-order valence-corrected chi connectivity index (χ4v) is 3.25. The van der Waals surface area contributed by atoms with Crippen LogP contribution in [0.4, 0.5) is 0 Å². The third-order valence-electron chi connectivity index (χ3n) is 4.73. The molecule has 0 spiro atoms. The Kier molecular flexibility index (Phi) is 4.59. The Bertz CT molecular complexity index is 999. The molecule has 0 bridgehead atoms. The predicted octanol–water partition coefficient (Wildman–Crippen LogP) is 4.11. The van der Waals surface area contributed by atoms with E-state index in [2.05, 4.69) is 5.32 Å². The molecule has 4 rings (SSSR count). The van der Waals surface area contributed by atoms with E-state index in [1.54, 1.807) is 7.11 Å². The van der Waals surface area contributed by atoms with Crippen molar-refractivity contribution in [3.05, 3.63) is 65.7 Å². The first kappa shape index (κ1) is 17.2. The minimum atomic E-state index is -0.190. The third kappa shape index (κ3) is 3.40. The monoisotopic (exact) mass is 363 g/mol. The first-order valence-electron chi connectivity index (χ1n) is 8.93. The highest BCUT2D eigenvalue weighted by atomic mass is 16.6. The Balaban J connectivity index is 1.59. The van der Waals surface area contributed by atoms with E-state index >= 15 is 0 Å². The van der Waals surface area contributed by atoms with E-state index < -0.39 is 0 Å². The quantitative estimate of drug-likeness (QED) is 0.758. The molecule has 0 saturated carbocycles. The maximum Gasteiger partial charge on any atom is 0.255 e. The summed E-state index contributed by atoms with van der Waals surface area (Å²) in [4.78, 5) is 12.9. The number of ether oxygens (including phenoxy) is 3. The molecule has 0 unspecified atom stereocenters. The van der Waals surface area contributed by atoms with Gasteiger partial charge in [0.25, 0.3) is 5.91 Å². The first-order valence-corrected chi connectivity index (χ1v) is 8.93. The molecule has 0 radical (unpaired) electrons. The highest BCUT2D eigenvalue weighted by Crippen LogP contribution is 2.33. The van der Waals surface area contributed by atoms with Crippen LogP contribution in [0.5, 0.6) is 17.2 Å². The minimum absolute atomic E-state index is 0.181. The van der Waals surface area contributed by atoms with Gasteiger partial charge in [0.2, 0.25) is 0 Å². The van der Waals surface area contributed by atoms with Crippen LogP contribution in [0.15, 0.2) is 54.6 Å². The van der Waals surface area contributed by atoms with Crippen molar-refractivity contribution in [2.24, 2.45) is 0 Å². The van der Waals surface area contributed by atoms with Gasteiger partial charge >= 0.3 is 0 Å². The average Bonchev–Trinajstić information content (AvgIpc) is 2.72. The molecule has 5 nitrogen and oxygen atoms in total. The minimum Gasteiger partial charge on any atom is -0.496 e. The summed E-state index contributed by atoms with van der Waals surface area (Å²) < 4.78 is 16.6. The van der Waals surface area contributed by atoms with Gasteiger partial charge in [-0.2, -0.15) is 0 Å². The average molecular weight is 363 g/mol. The van der Waals surface area contributed by atoms with E-state index in [1.165, 1.54) is 0 Å². The highest BCUT2D eigenvalue weighted by Gasteiger charge is 2.19. The molecule has 0 saturated heterocycles. The van der Waals surface area contributed by atoms with Crippen molar-refractivity contribution in [1.29, 1.82) is 0 Å². The fraction of sp³-hybridized carbons (Fsp3) is 0.227. The Hall–Kier alpha value is -3.21. The van der Waals surface area contributed by atoms with Gasteiger partial charge in [0.1, 0.15) is 19.0 Å². The number of nitrogens with one attached hydrogen (secondary N) is 1. The molecular weight excluding hydrogens is 342 g/mol. The number of hydrogen-bond donors (Lipinski definition) is 1. The fourth-order valence-electron chi connectivity index (χ4n) is 3.25. The molecule has 1 atom stereocenters. The van der Waals surface area contributed by atoms with Crippen molar-refractivity contribution in [3.8, 4) is 17.2 Å². The molecule has 0 fully saturated rings. The van der Waals surface area contributed by atoms with Crippen LogP contribution >= 0.6 is 0 Å². The molecule has 1 aliphatic rings. The van der Waals surface area contributed by atoms with Gasteiger partial charge < -0.3 is 19.5 Å². The van der Waals surface area contributed by atoms with Crippen LogP contribution in [0, 0.1) is 0 Å². The summed E-state index contributed by atoms with van der Waals surface area (Å²) in [6.45, 7) is 3.03. The zero-order chi connectivity index (χ0) is 18.8. The van der Waals surface area contributed by atoms with E-state index in [1.807, 2.05) is 61.5 Å². The van der Waals surface area contributed by atoms with Crippen LogP contribution in [-0.2, 0) is 0 Å². The largest absolute Gasteiger partial charge is 0.496 e. The molecule has 1 heterocycles. The van der Waals surface area contributed by atoms with Crippen LogP contribution in [0.3, 0.4) is 0 Å². The lowest BCUT2D eigenvalue weighted by molar-refractivity contribution is 0.0937. The third-order valence-corrected chi connectivity index (χ3v) is 4.73. The summed E-state index contributed by atoms with van der Waals surface area (Å²) in [5.41, 5.74) is 1.47. The van der Waals surface area contributed by atoms with Crippen molar-refractivity contribution in [3.63, 3.8) is 0 Å². The van der Waals surface area contributed by atoms with Crippen LogP contribution in [0.2, 0.25) is 0 Å². The van der Waals surface area contributed by atoms with Gasteiger partial charge in [0, 0.05) is 0 Å². The topological polar surface area (TPSA) is 56.8 Å². The second kappa shape index (κ2) is 7.19. The van der Waals surface area contributed by atoms with Crippen LogP contribution in [0.1, 0.15) is 28.9 Å². The first-order chi connectivity index (χ1) is 13.2. The Morgan fingerprint density at radius 3 is 2.44 bits per heavy atom. The Labute approximate surface area is 157 Å². The van der Waals surface area contributed by atoms with Crippen molar-refractivity contribution in [2.75, 3.05) is 20.3 Å². The summed E-state index contributed by atoms with van der Waals surface area (Å²) in [6, 6.07) is 17.2. The molecule has 138 valence electrons. The summed E-state index contributed by atoms with van der Waals surface area (Å²) >= 11 is 0. The lowest BCUT2D eigenvalue weighted by Gasteiger charge is -2.21. The molecule has 0 aromatic heterocycles. The van der Waals surface area contributed by atoms with Crippen molar-refractivity contribution < 1.29 is 19.0 Å². The predicted molar refractivity (Wildman–Crippen MR) is 104 cm³/mol. The molecule has 3 aromatic carbocycles. The van der Waals surface area contributed by atoms with E-state index in [0.717, 1.165) is 22.1 Å². The number of rotatable bonds is 4. The van der Waals surface area contributed by atoms with Crippen LogP contribution < -0.4 is 19.5 Å². The van der Waals surface area contributed by atoms with Crippen molar-refractivity contribution >= 4 is 16.7 Å². The van der Waals surface area contributed by atoms with Gasteiger partial charge in [-0.1, -0.05) is 30.3 Å². The second-order valence-corrected chi connectivity index (χ2v) is 6.50. The summed E-state index contributed by atoms with van der Waals surface area (Å²) in [5, 5.41) is 5.07. The van der Waals surface area contributed by atoms with Gasteiger partial charge in [-0.15, -0.1) is 0 Å². The molecule has 27 heavy (non-hydrogen) atoms. The van der Waals surface area contributed by atoms with Crippen molar-refractivity contribution in [1.82, 2.24) is 5.32 Å². The van der Waals surface area contributed by atoms with E-state index in [9.17, 15) is 4.79 Å². The van der Waals surface area contributed by atoms with Crippen molar-refractivity contribution in [2.45, 2.75) is 13.0 Å². The SMILES string of the molecule is COc1cc2ccccc2cc1C(=O)N[C@H](C)c1ccc2c(c1)OCCO2. The zero-order valence-corrected chi connectivity index (χ0v) is 15.3. The number of carbonyl (C=O) groups excluding carboxylic acids is 1. The van der Waals surface area contributed by atoms with Gasteiger partial charge in [-0.3, -0.25) is 4.79 Å². The van der Waals surface area contributed by atoms with Crippen LogP contribution in [0.25, 0.3) is 10.8 Å². The maximum absolute atomic E-state index is 12.9. The van der Waals surface area contributed by atoms with E-state index in [-0.39, 0.29) is 11.9 Å². The number of amides is 1. The number of methoxy groups -OCH3 is 1. The van der Waals surface area contributed by atoms with Gasteiger partial charge in [-0.25, -0.2) is 0 Å². The van der Waals surface area contributed by atoms with Crippen LogP contribution in [-0.4, -0.2) is 26.2 Å². The number of fused-ring (bicyclic) bond motifs is 2. The number of benzene rings is 3. The molecular formula is C22H21NO4. The maximum atomic E-state index is 12.9. The highest BCUT2D eigenvalue weighted by molar-refractivity contribution is 6.01. The number of hydrogen-bond acceptors (Lipinski definition) is 4. The molecule has 1 N–H and O–H groups in total. The van der Waals surface area contributed by atoms with Gasteiger partial charge in [0.05, 0.1) is 18.7 Å². The lowest BCUT2D eigenvalue weighted by Crippen LogP contribution is -2.27. The summed E-state index contributed by atoms with van der Waals surface area (Å²) in [7, 11) is 1.57. The smallest absolute Gasteiger partial charge is 0.255 e. The molecule has 0 aliphatic carbocycles. The molecule has 3 aromatic rings. The Morgan fingerprint density at radius 1 is 1.00 bits per heavy atom. The molecule has 1 amide bonds. The number of carbonyl (C=O) groups is 1. The zero-order valence-electron chi connectivity index (χ0n) is 15.3. The summed E-state index contributed by atoms with van der Waals surface area (Å²) in [5.74, 6) is 1.82. The van der Waals surface area contributed by atoms with E-state index in [0.29, 0.717) is 30.3 Å².